The predicted octanol–water partition coefficient (Wildman–Crippen LogP) is 2.88. The average Bonchev–Trinajstić information content (AvgIpc) is 2.31. The third-order valence-corrected chi connectivity index (χ3v) is 3.94. The molecule has 4 heteroatoms. The summed E-state index contributed by atoms with van der Waals surface area (Å²) in [6.07, 6.45) is 2.38. The highest BCUT2D eigenvalue weighted by atomic mass is 35.5. The highest BCUT2D eigenvalue weighted by molar-refractivity contribution is 6.24. The lowest BCUT2D eigenvalue weighted by Crippen LogP contribution is -2.56. The summed E-state index contributed by atoms with van der Waals surface area (Å²) in [6.45, 7) is 0. The minimum atomic E-state index is -0.693. The minimum Gasteiger partial charge on any atom is -0.303 e. The van der Waals surface area contributed by atoms with Crippen molar-refractivity contribution in [2.75, 3.05) is 7.05 Å². The maximum absolute atomic E-state index is 12.2. The van der Waals surface area contributed by atoms with Crippen molar-refractivity contribution in [3.63, 3.8) is 0 Å². The van der Waals surface area contributed by atoms with Crippen LogP contribution >= 0.6 is 24.0 Å². The van der Waals surface area contributed by atoms with Crippen LogP contribution in [0.3, 0.4) is 0 Å². The van der Waals surface area contributed by atoms with Crippen molar-refractivity contribution in [1.29, 1.82) is 0 Å². The molecule has 2 unspecified atom stereocenters. The van der Waals surface area contributed by atoms with Crippen LogP contribution in [0.2, 0.25) is 0 Å². The zero-order valence-electron chi connectivity index (χ0n) is 9.78. The minimum absolute atomic E-state index is 0. The monoisotopic (exact) mass is 273 g/mol. The van der Waals surface area contributed by atoms with Gasteiger partial charge in [0.1, 0.15) is 5.54 Å². The van der Waals surface area contributed by atoms with E-state index >= 15 is 0 Å². The second kappa shape index (κ2) is 5.85. The third-order valence-electron chi connectivity index (χ3n) is 3.39. The van der Waals surface area contributed by atoms with Crippen LogP contribution in [-0.4, -0.2) is 18.2 Å². The number of rotatable bonds is 2. The van der Waals surface area contributed by atoms with Crippen molar-refractivity contribution in [3.05, 3.63) is 35.9 Å². The Kier molecular flexibility index (Phi) is 4.99. The molecule has 17 heavy (non-hydrogen) atoms. The Hall–Kier alpha value is -0.570. The fourth-order valence-corrected chi connectivity index (χ4v) is 3.02. The fraction of sp³-hybridized carbons (Fsp3) is 0.462. The standard InChI is InChI=1S/C13H16ClNO.ClH/c1-15-13(10-6-3-2-4-7-10)11(14)8-5-9-12(13)16;/h2-4,6-7,11,15H,5,8-9H2,1H3;1H. The summed E-state index contributed by atoms with van der Waals surface area (Å²) in [6, 6.07) is 9.77. The van der Waals surface area contributed by atoms with Gasteiger partial charge in [-0.15, -0.1) is 24.0 Å². The van der Waals surface area contributed by atoms with E-state index in [4.69, 9.17) is 11.6 Å². The number of alkyl halides is 1. The van der Waals surface area contributed by atoms with E-state index < -0.39 is 5.54 Å². The Morgan fingerprint density at radius 3 is 2.53 bits per heavy atom. The Balaban J connectivity index is 0.00000144. The van der Waals surface area contributed by atoms with Crippen LogP contribution < -0.4 is 5.32 Å². The molecule has 1 aliphatic rings. The third kappa shape index (κ3) is 2.35. The maximum Gasteiger partial charge on any atom is 0.158 e. The van der Waals surface area contributed by atoms with Gasteiger partial charge in [-0.3, -0.25) is 4.79 Å². The summed E-state index contributed by atoms with van der Waals surface area (Å²) >= 11 is 6.39. The molecule has 2 nitrogen and oxygen atoms in total. The lowest BCUT2D eigenvalue weighted by molar-refractivity contribution is -0.127. The number of nitrogens with one attached hydrogen (secondary N) is 1. The summed E-state index contributed by atoms with van der Waals surface area (Å²) in [7, 11) is 1.81. The SMILES string of the molecule is CNC1(c2ccccc2)C(=O)CCCC1Cl.Cl. The number of hydrogen-bond acceptors (Lipinski definition) is 2. The lowest BCUT2D eigenvalue weighted by Gasteiger charge is -2.40. The van der Waals surface area contributed by atoms with Crippen molar-refractivity contribution in [2.24, 2.45) is 0 Å². The summed E-state index contributed by atoms with van der Waals surface area (Å²) in [5, 5.41) is 2.99. The number of halogens is 2. The van der Waals surface area contributed by atoms with Gasteiger partial charge in [0.15, 0.2) is 5.78 Å². The van der Waals surface area contributed by atoms with E-state index in [9.17, 15) is 4.79 Å². The summed E-state index contributed by atoms with van der Waals surface area (Å²) in [4.78, 5) is 12.2. The molecule has 0 aliphatic heterocycles. The van der Waals surface area contributed by atoms with Crippen molar-refractivity contribution in [1.82, 2.24) is 5.32 Å². The normalized spacial score (nSPS) is 28.6. The molecule has 2 atom stereocenters. The topological polar surface area (TPSA) is 29.1 Å². The van der Waals surface area contributed by atoms with E-state index in [2.05, 4.69) is 5.32 Å². The maximum atomic E-state index is 12.2. The summed E-state index contributed by atoms with van der Waals surface area (Å²) in [5.41, 5.74) is 0.281. The Morgan fingerprint density at radius 2 is 2.00 bits per heavy atom. The first-order chi connectivity index (χ1) is 7.71. The molecule has 0 radical (unpaired) electrons. The molecule has 94 valence electrons. The molecule has 0 aromatic heterocycles. The number of Topliss-reactive ketones (excluding diaryl/α,β-unsaturated/α-hetero) is 1. The van der Waals surface area contributed by atoms with Crippen molar-refractivity contribution in [3.8, 4) is 0 Å². The highest BCUT2D eigenvalue weighted by Crippen LogP contribution is 2.37. The van der Waals surface area contributed by atoms with Gasteiger partial charge >= 0.3 is 0 Å². The fourth-order valence-electron chi connectivity index (χ4n) is 2.51. The number of hydrogen-bond donors (Lipinski definition) is 1. The first-order valence-corrected chi connectivity index (χ1v) is 6.07. The van der Waals surface area contributed by atoms with Gasteiger partial charge in [-0.25, -0.2) is 0 Å². The molecule has 0 spiro atoms. The van der Waals surface area contributed by atoms with E-state index in [-0.39, 0.29) is 23.6 Å². The van der Waals surface area contributed by atoms with E-state index in [1.165, 1.54) is 0 Å². The largest absolute Gasteiger partial charge is 0.303 e. The van der Waals surface area contributed by atoms with Crippen LogP contribution in [0.5, 0.6) is 0 Å². The zero-order valence-corrected chi connectivity index (χ0v) is 11.4. The quantitative estimate of drug-likeness (QED) is 0.840. The van der Waals surface area contributed by atoms with E-state index in [1.54, 1.807) is 0 Å². The first-order valence-electron chi connectivity index (χ1n) is 5.63. The molecule has 2 rings (SSSR count). The van der Waals surface area contributed by atoms with Crippen LogP contribution in [0.1, 0.15) is 24.8 Å². The smallest absolute Gasteiger partial charge is 0.158 e. The van der Waals surface area contributed by atoms with Crippen LogP contribution in [0, 0.1) is 0 Å². The Labute approximate surface area is 113 Å². The molecule has 1 N–H and O–H groups in total. The second-order valence-corrected chi connectivity index (χ2v) is 4.73. The number of benzene rings is 1. The molecular weight excluding hydrogens is 257 g/mol. The lowest BCUT2D eigenvalue weighted by atomic mass is 9.75. The van der Waals surface area contributed by atoms with Crippen LogP contribution in [0.25, 0.3) is 0 Å². The van der Waals surface area contributed by atoms with Gasteiger partial charge in [-0.2, -0.15) is 0 Å². The number of ketones is 1. The van der Waals surface area contributed by atoms with Crippen molar-refractivity contribution in [2.45, 2.75) is 30.2 Å². The zero-order chi connectivity index (χ0) is 11.6. The van der Waals surface area contributed by atoms with Crippen LogP contribution in [0.4, 0.5) is 0 Å². The van der Waals surface area contributed by atoms with Gasteiger partial charge in [-0.1, -0.05) is 30.3 Å². The molecule has 1 aromatic carbocycles. The molecule has 1 fully saturated rings. The number of likely N-dealkylation sites (N-methyl/N-ethyl adjacent to an activating group) is 1. The molecule has 0 bridgehead atoms. The van der Waals surface area contributed by atoms with Crippen molar-refractivity contribution < 1.29 is 4.79 Å². The van der Waals surface area contributed by atoms with E-state index in [0.29, 0.717) is 6.42 Å². The molecule has 0 amide bonds. The van der Waals surface area contributed by atoms with E-state index in [1.807, 2.05) is 37.4 Å². The molecule has 0 saturated heterocycles. The van der Waals surface area contributed by atoms with Gasteiger partial charge in [0.2, 0.25) is 0 Å². The number of carbonyl (C=O) groups is 1. The van der Waals surface area contributed by atoms with Crippen LogP contribution in [0.15, 0.2) is 30.3 Å². The highest BCUT2D eigenvalue weighted by Gasteiger charge is 2.46. The molecule has 1 aromatic rings. The van der Waals surface area contributed by atoms with Gasteiger partial charge in [0, 0.05) is 6.42 Å². The first kappa shape index (κ1) is 14.5. The van der Waals surface area contributed by atoms with Crippen molar-refractivity contribution >= 4 is 29.8 Å². The second-order valence-electron chi connectivity index (χ2n) is 4.21. The average molecular weight is 274 g/mol. The molecule has 1 aliphatic carbocycles. The van der Waals surface area contributed by atoms with Gasteiger partial charge in [-0.05, 0) is 25.5 Å². The Morgan fingerprint density at radius 1 is 1.35 bits per heavy atom. The Bertz CT molecular complexity index is 382. The summed E-state index contributed by atoms with van der Waals surface area (Å²) < 4.78 is 0. The summed E-state index contributed by atoms with van der Waals surface area (Å²) in [5.74, 6) is 0.201. The van der Waals surface area contributed by atoms with Gasteiger partial charge < -0.3 is 5.32 Å². The van der Waals surface area contributed by atoms with Crippen LogP contribution in [-0.2, 0) is 10.3 Å². The van der Waals surface area contributed by atoms with E-state index in [0.717, 1.165) is 18.4 Å². The molecule has 0 heterocycles. The predicted molar refractivity (Wildman–Crippen MR) is 72.9 cm³/mol. The molecule has 1 saturated carbocycles. The number of carbonyl (C=O) groups excluding carboxylic acids is 1. The molecular formula is C13H17Cl2NO. The van der Waals surface area contributed by atoms with Gasteiger partial charge in [0.25, 0.3) is 0 Å². The van der Waals surface area contributed by atoms with Gasteiger partial charge in [0.05, 0.1) is 5.38 Å².